The molecule has 27 heavy (non-hydrogen) atoms. The third kappa shape index (κ3) is 4.62. The van der Waals surface area contributed by atoms with Crippen LogP contribution in [0.25, 0.3) is 0 Å². The topological polar surface area (TPSA) is 90.5 Å². The van der Waals surface area contributed by atoms with E-state index in [4.69, 9.17) is 0 Å². The van der Waals surface area contributed by atoms with Crippen molar-refractivity contribution < 1.29 is 13.2 Å². The number of anilines is 2. The zero-order valence-electron chi connectivity index (χ0n) is 16.3. The van der Waals surface area contributed by atoms with Gasteiger partial charge in [-0.1, -0.05) is 0 Å². The lowest BCUT2D eigenvalue weighted by atomic mass is 9.89. The van der Waals surface area contributed by atoms with Crippen LogP contribution >= 0.6 is 0 Å². The normalized spacial score (nSPS) is 24.8. The van der Waals surface area contributed by atoms with E-state index in [1.807, 2.05) is 6.92 Å². The fraction of sp³-hybridized carbons (Fsp3) is 0.632. The number of nitrogens with one attached hydrogen (secondary N) is 3. The molecule has 8 heteroatoms. The number of carbonyl (C=O) groups excluding carboxylic acids is 1. The third-order valence-electron chi connectivity index (χ3n) is 5.46. The number of nitrogens with zero attached hydrogens (tertiary/aromatic N) is 1. The highest BCUT2D eigenvalue weighted by Crippen LogP contribution is 2.33. The molecule has 150 valence electrons. The number of benzene rings is 1. The molecule has 0 spiro atoms. The van der Waals surface area contributed by atoms with Crippen molar-refractivity contribution in [1.82, 2.24) is 9.62 Å². The molecule has 2 saturated heterocycles. The van der Waals surface area contributed by atoms with Crippen molar-refractivity contribution in [2.24, 2.45) is 5.92 Å². The van der Waals surface area contributed by atoms with Crippen molar-refractivity contribution >= 4 is 27.3 Å². The molecule has 2 aliphatic heterocycles. The van der Waals surface area contributed by atoms with Gasteiger partial charge in [0.2, 0.25) is 15.9 Å². The summed E-state index contributed by atoms with van der Waals surface area (Å²) in [6.07, 6.45) is 4.97. The van der Waals surface area contributed by atoms with Crippen LogP contribution in [0.5, 0.6) is 0 Å². The molecule has 0 radical (unpaired) electrons. The summed E-state index contributed by atoms with van der Waals surface area (Å²) in [5.74, 6) is 0.333. The lowest BCUT2D eigenvalue weighted by molar-refractivity contribution is -0.117. The largest absolute Gasteiger partial charge is 0.384 e. The Bertz CT molecular complexity index is 782. The van der Waals surface area contributed by atoms with Crippen molar-refractivity contribution in [1.29, 1.82) is 0 Å². The second-order valence-electron chi connectivity index (χ2n) is 7.75. The van der Waals surface area contributed by atoms with E-state index in [1.54, 1.807) is 12.1 Å². The summed E-state index contributed by atoms with van der Waals surface area (Å²) >= 11 is 0. The van der Waals surface area contributed by atoms with Gasteiger partial charge in [-0.25, -0.2) is 12.7 Å². The van der Waals surface area contributed by atoms with Crippen LogP contribution in [0.1, 0.15) is 39.0 Å². The molecule has 0 aromatic heterocycles. The summed E-state index contributed by atoms with van der Waals surface area (Å²) in [7, 11) is -0.560. The van der Waals surface area contributed by atoms with E-state index in [0.29, 0.717) is 36.7 Å². The van der Waals surface area contributed by atoms with Gasteiger partial charge in [0.25, 0.3) is 0 Å². The van der Waals surface area contributed by atoms with E-state index in [9.17, 15) is 13.2 Å². The van der Waals surface area contributed by atoms with Gasteiger partial charge >= 0.3 is 0 Å². The fourth-order valence-corrected chi connectivity index (χ4v) is 5.08. The first kappa shape index (κ1) is 20.1. The lowest BCUT2D eigenvalue weighted by Gasteiger charge is -2.28. The molecule has 1 amide bonds. The highest BCUT2D eigenvalue weighted by atomic mass is 32.2. The molecule has 0 aliphatic carbocycles. The minimum absolute atomic E-state index is 0.0557. The summed E-state index contributed by atoms with van der Waals surface area (Å²) in [4.78, 5) is 12.8. The summed E-state index contributed by atoms with van der Waals surface area (Å²) in [6, 6.07) is 5.91. The zero-order valence-corrected chi connectivity index (χ0v) is 17.1. The average molecular weight is 395 g/mol. The van der Waals surface area contributed by atoms with E-state index in [0.717, 1.165) is 18.5 Å². The molecule has 3 rings (SSSR count). The Morgan fingerprint density at radius 1 is 1.19 bits per heavy atom. The van der Waals surface area contributed by atoms with Gasteiger partial charge in [-0.3, -0.25) is 4.79 Å². The molecule has 2 atom stereocenters. The lowest BCUT2D eigenvalue weighted by Crippen LogP contribution is -2.39. The maximum absolute atomic E-state index is 12.6. The van der Waals surface area contributed by atoms with Crippen molar-refractivity contribution in [2.75, 3.05) is 31.3 Å². The number of sulfonamides is 1. The molecular weight excluding hydrogens is 364 g/mol. The SMILES string of the molecule is CCNc1ccc(S(=O)(=O)N(C)C)cc1NC(=O)CC1CC2CCC(C1)N2. The van der Waals surface area contributed by atoms with Crippen LogP contribution in [-0.4, -0.2) is 51.4 Å². The van der Waals surface area contributed by atoms with Crippen LogP contribution in [0.4, 0.5) is 11.4 Å². The number of hydrogen-bond donors (Lipinski definition) is 3. The van der Waals surface area contributed by atoms with E-state index in [2.05, 4.69) is 16.0 Å². The molecule has 7 nitrogen and oxygen atoms in total. The van der Waals surface area contributed by atoms with Gasteiger partial charge in [-0.15, -0.1) is 0 Å². The third-order valence-corrected chi connectivity index (χ3v) is 7.27. The molecule has 2 bridgehead atoms. The number of fused-ring (bicyclic) bond motifs is 2. The van der Waals surface area contributed by atoms with Crippen molar-refractivity contribution in [3.8, 4) is 0 Å². The Morgan fingerprint density at radius 2 is 1.85 bits per heavy atom. The van der Waals surface area contributed by atoms with Gasteiger partial charge in [0.1, 0.15) is 0 Å². The maximum Gasteiger partial charge on any atom is 0.242 e. The molecule has 3 N–H and O–H groups in total. The Labute approximate surface area is 161 Å². The van der Waals surface area contributed by atoms with Crippen LogP contribution in [0.2, 0.25) is 0 Å². The van der Waals surface area contributed by atoms with E-state index >= 15 is 0 Å². The second-order valence-corrected chi connectivity index (χ2v) is 9.90. The highest BCUT2D eigenvalue weighted by molar-refractivity contribution is 7.89. The molecule has 2 aliphatic rings. The monoisotopic (exact) mass is 394 g/mol. The predicted octanol–water partition coefficient (Wildman–Crippen LogP) is 2.23. The van der Waals surface area contributed by atoms with E-state index < -0.39 is 10.0 Å². The summed E-state index contributed by atoms with van der Waals surface area (Å²) in [5, 5.41) is 9.71. The number of carbonyl (C=O) groups is 1. The Hall–Kier alpha value is -1.64. The summed E-state index contributed by atoms with van der Waals surface area (Å²) < 4.78 is 26.0. The molecule has 1 aromatic carbocycles. The van der Waals surface area contributed by atoms with Gasteiger partial charge in [-0.2, -0.15) is 0 Å². The number of piperidine rings is 1. The number of hydrogen-bond acceptors (Lipinski definition) is 5. The van der Waals surface area contributed by atoms with Gasteiger partial charge in [0.05, 0.1) is 16.3 Å². The smallest absolute Gasteiger partial charge is 0.242 e. The van der Waals surface area contributed by atoms with Crippen LogP contribution in [0.3, 0.4) is 0 Å². The van der Waals surface area contributed by atoms with Crippen LogP contribution in [0, 0.1) is 5.92 Å². The molecule has 2 heterocycles. The second kappa shape index (κ2) is 8.16. The molecule has 2 unspecified atom stereocenters. The standard InChI is InChI=1S/C19H30N4O3S/c1-4-20-17-8-7-16(27(25,26)23(2)3)12-18(17)22-19(24)11-13-9-14-5-6-15(10-13)21-14/h7-8,12-15,20-21H,4-6,9-11H2,1-3H3,(H,22,24). The van der Waals surface area contributed by atoms with Gasteiger partial charge in [-0.05, 0) is 56.7 Å². The predicted molar refractivity (Wildman–Crippen MR) is 107 cm³/mol. The number of amides is 1. The molecule has 0 saturated carbocycles. The van der Waals surface area contributed by atoms with E-state index in [-0.39, 0.29) is 10.8 Å². The minimum atomic E-state index is -3.55. The van der Waals surface area contributed by atoms with Gasteiger partial charge < -0.3 is 16.0 Å². The quantitative estimate of drug-likeness (QED) is 0.660. The number of rotatable bonds is 7. The first-order valence-electron chi connectivity index (χ1n) is 9.66. The first-order chi connectivity index (χ1) is 12.8. The van der Waals surface area contributed by atoms with Crippen molar-refractivity contribution in [3.05, 3.63) is 18.2 Å². The minimum Gasteiger partial charge on any atom is -0.384 e. The maximum atomic E-state index is 12.6. The summed E-state index contributed by atoms with van der Waals surface area (Å²) in [5.41, 5.74) is 1.25. The van der Waals surface area contributed by atoms with Crippen LogP contribution < -0.4 is 16.0 Å². The summed E-state index contributed by atoms with van der Waals surface area (Å²) in [6.45, 7) is 2.64. The van der Waals surface area contributed by atoms with Gasteiger partial charge in [0.15, 0.2) is 0 Å². The average Bonchev–Trinajstić information content (AvgIpc) is 2.94. The van der Waals surface area contributed by atoms with E-state index in [1.165, 1.54) is 37.3 Å². The molecule has 2 fully saturated rings. The first-order valence-corrected chi connectivity index (χ1v) is 11.1. The molecule has 1 aromatic rings. The van der Waals surface area contributed by atoms with Crippen LogP contribution in [0.15, 0.2) is 23.1 Å². The van der Waals surface area contributed by atoms with Crippen molar-refractivity contribution in [2.45, 2.75) is 56.0 Å². The Balaban J connectivity index is 1.74. The van der Waals surface area contributed by atoms with Crippen LogP contribution in [-0.2, 0) is 14.8 Å². The fourth-order valence-electron chi connectivity index (χ4n) is 4.15. The zero-order chi connectivity index (χ0) is 19.6. The Morgan fingerprint density at radius 3 is 2.44 bits per heavy atom. The van der Waals surface area contributed by atoms with Gasteiger partial charge in [0, 0.05) is 39.1 Å². The Kier molecular flexibility index (Phi) is 6.08. The molecular formula is C19H30N4O3S. The van der Waals surface area contributed by atoms with Crippen molar-refractivity contribution in [3.63, 3.8) is 0 Å². The highest BCUT2D eigenvalue weighted by Gasteiger charge is 2.34.